The van der Waals surface area contributed by atoms with Crippen LogP contribution in [0.4, 0.5) is 10.1 Å². The molecular formula is C20H16FN3O2. The lowest BCUT2D eigenvalue weighted by Gasteiger charge is -2.07. The number of carbonyl (C=O) groups excluding carboxylic acids is 1. The second-order valence-corrected chi connectivity index (χ2v) is 6.03. The highest BCUT2D eigenvalue weighted by molar-refractivity contribution is 6.06. The van der Waals surface area contributed by atoms with E-state index in [2.05, 4.69) is 10.4 Å². The van der Waals surface area contributed by atoms with E-state index in [0.717, 1.165) is 5.56 Å². The van der Waals surface area contributed by atoms with Crippen molar-refractivity contribution < 1.29 is 13.6 Å². The lowest BCUT2D eigenvalue weighted by molar-refractivity contribution is 0.0997. The quantitative estimate of drug-likeness (QED) is 0.595. The predicted molar refractivity (Wildman–Crippen MR) is 96.6 cm³/mol. The third kappa shape index (κ3) is 2.97. The molecule has 0 unspecified atom stereocenters. The average molecular weight is 349 g/mol. The van der Waals surface area contributed by atoms with E-state index in [-0.39, 0.29) is 11.3 Å². The van der Waals surface area contributed by atoms with E-state index >= 15 is 0 Å². The summed E-state index contributed by atoms with van der Waals surface area (Å²) in [5.74, 6) is -0.775. The summed E-state index contributed by atoms with van der Waals surface area (Å²) in [6.45, 7) is 2.35. The molecule has 0 radical (unpaired) electrons. The number of hydrogen-bond donors (Lipinski definition) is 1. The van der Waals surface area contributed by atoms with Gasteiger partial charge in [-0.1, -0.05) is 24.3 Å². The molecule has 0 aliphatic rings. The summed E-state index contributed by atoms with van der Waals surface area (Å²) >= 11 is 0. The number of furan rings is 1. The number of nitrogens with one attached hydrogen (secondary N) is 1. The molecule has 0 bridgehead atoms. The number of fused-ring (bicyclic) bond motifs is 1. The molecule has 4 aromatic rings. The van der Waals surface area contributed by atoms with E-state index in [1.165, 1.54) is 6.07 Å². The molecule has 0 saturated carbocycles. The molecule has 26 heavy (non-hydrogen) atoms. The van der Waals surface area contributed by atoms with Gasteiger partial charge in [0.25, 0.3) is 5.91 Å². The Hall–Kier alpha value is -3.41. The van der Waals surface area contributed by atoms with Crippen LogP contribution in [0.2, 0.25) is 0 Å². The van der Waals surface area contributed by atoms with E-state index in [1.54, 1.807) is 36.0 Å². The molecule has 1 amide bonds. The second kappa shape index (κ2) is 6.48. The maximum Gasteiger partial charge on any atom is 0.291 e. The van der Waals surface area contributed by atoms with Gasteiger partial charge >= 0.3 is 0 Å². The first-order valence-corrected chi connectivity index (χ1v) is 8.17. The van der Waals surface area contributed by atoms with Gasteiger partial charge in [0, 0.05) is 29.0 Å². The normalized spacial score (nSPS) is 11.0. The summed E-state index contributed by atoms with van der Waals surface area (Å²) in [4.78, 5) is 12.6. The van der Waals surface area contributed by atoms with Gasteiger partial charge in [0.05, 0.1) is 6.54 Å². The fourth-order valence-electron chi connectivity index (χ4n) is 2.94. The largest absolute Gasteiger partial charge is 0.448 e. The van der Waals surface area contributed by atoms with Crippen LogP contribution in [0, 0.1) is 12.7 Å². The Balaban J connectivity index is 1.59. The van der Waals surface area contributed by atoms with Crippen molar-refractivity contribution in [1.29, 1.82) is 0 Å². The van der Waals surface area contributed by atoms with Crippen LogP contribution in [0.25, 0.3) is 11.0 Å². The smallest absolute Gasteiger partial charge is 0.291 e. The van der Waals surface area contributed by atoms with Crippen molar-refractivity contribution >= 4 is 22.6 Å². The lowest BCUT2D eigenvalue weighted by Crippen LogP contribution is -2.12. The molecule has 6 heteroatoms. The van der Waals surface area contributed by atoms with Gasteiger partial charge in [-0.15, -0.1) is 0 Å². The minimum Gasteiger partial charge on any atom is -0.448 e. The third-order valence-corrected chi connectivity index (χ3v) is 4.21. The number of aryl methyl sites for hydroxylation is 1. The Bertz CT molecular complexity index is 1080. The molecule has 0 atom stereocenters. The van der Waals surface area contributed by atoms with Gasteiger partial charge in [0.15, 0.2) is 17.2 Å². The fourth-order valence-corrected chi connectivity index (χ4v) is 2.94. The predicted octanol–water partition coefficient (Wildman–Crippen LogP) is 4.38. The second-order valence-electron chi connectivity index (χ2n) is 6.03. The Kier molecular flexibility index (Phi) is 4.01. The molecule has 4 rings (SSSR count). The summed E-state index contributed by atoms with van der Waals surface area (Å²) in [5, 5.41) is 7.59. The van der Waals surface area contributed by atoms with Crippen LogP contribution in [0.3, 0.4) is 0 Å². The summed E-state index contributed by atoms with van der Waals surface area (Å²) in [5.41, 5.74) is 2.35. The fraction of sp³-hybridized carbons (Fsp3) is 0.100. The minimum absolute atomic E-state index is 0.0996. The molecule has 1 N–H and O–H groups in total. The molecule has 2 aromatic carbocycles. The van der Waals surface area contributed by atoms with Crippen molar-refractivity contribution in [3.63, 3.8) is 0 Å². The van der Waals surface area contributed by atoms with Gasteiger partial charge in [0.2, 0.25) is 0 Å². The Morgan fingerprint density at radius 3 is 2.85 bits per heavy atom. The zero-order valence-electron chi connectivity index (χ0n) is 14.1. The van der Waals surface area contributed by atoms with Crippen LogP contribution in [0.5, 0.6) is 0 Å². The number of aromatic nitrogens is 2. The van der Waals surface area contributed by atoms with Crippen molar-refractivity contribution in [2.75, 3.05) is 5.32 Å². The van der Waals surface area contributed by atoms with Crippen molar-refractivity contribution in [2.24, 2.45) is 0 Å². The van der Waals surface area contributed by atoms with Crippen LogP contribution < -0.4 is 5.32 Å². The Morgan fingerprint density at radius 2 is 2.08 bits per heavy atom. The number of para-hydroxylation sites is 1. The number of benzene rings is 2. The van der Waals surface area contributed by atoms with Gasteiger partial charge in [0.1, 0.15) is 0 Å². The SMILES string of the molecule is Cc1c(C(=O)Nc2cccc(Cn3cccn3)c2)oc2c(F)cccc12. The number of anilines is 1. The van der Waals surface area contributed by atoms with Crippen molar-refractivity contribution in [1.82, 2.24) is 9.78 Å². The van der Waals surface area contributed by atoms with E-state index in [4.69, 9.17) is 4.42 Å². The van der Waals surface area contributed by atoms with E-state index in [0.29, 0.717) is 23.2 Å². The molecule has 0 aliphatic carbocycles. The van der Waals surface area contributed by atoms with Crippen molar-refractivity contribution in [3.8, 4) is 0 Å². The highest BCUT2D eigenvalue weighted by Gasteiger charge is 2.19. The van der Waals surface area contributed by atoms with Gasteiger partial charge in [-0.3, -0.25) is 9.48 Å². The number of amides is 1. The van der Waals surface area contributed by atoms with Gasteiger partial charge in [-0.2, -0.15) is 5.10 Å². The van der Waals surface area contributed by atoms with Crippen molar-refractivity contribution in [2.45, 2.75) is 13.5 Å². The van der Waals surface area contributed by atoms with E-state index in [1.807, 2.05) is 30.5 Å². The lowest BCUT2D eigenvalue weighted by atomic mass is 10.1. The molecule has 0 saturated heterocycles. The molecule has 0 aliphatic heterocycles. The first kappa shape index (κ1) is 16.1. The topological polar surface area (TPSA) is 60.1 Å². The molecule has 0 spiro atoms. The summed E-state index contributed by atoms with van der Waals surface area (Å²) in [7, 11) is 0. The summed E-state index contributed by atoms with van der Waals surface area (Å²) < 4.78 is 21.1. The van der Waals surface area contributed by atoms with E-state index in [9.17, 15) is 9.18 Å². The summed E-state index contributed by atoms with van der Waals surface area (Å²) in [6, 6.07) is 14.0. The molecule has 130 valence electrons. The van der Waals surface area contributed by atoms with Crippen LogP contribution >= 0.6 is 0 Å². The Morgan fingerprint density at radius 1 is 1.23 bits per heavy atom. The van der Waals surface area contributed by atoms with Gasteiger partial charge < -0.3 is 9.73 Å². The van der Waals surface area contributed by atoms with Gasteiger partial charge in [-0.05, 0) is 36.8 Å². The minimum atomic E-state index is -0.481. The van der Waals surface area contributed by atoms with E-state index < -0.39 is 11.7 Å². The highest BCUT2D eigenvalue weighted by atomic mass is 19.1. The number of rotatable bonds is 4. The standard InChI is InChI=1S/C20H16FN3O2/c1-13-16-7-3-8-17(21)19(16)26-18(13)20(25)23-15-6-2-5-14(11-15)12-24-10-4-9-22-24/h2-11H,12H2,1H3,(H,23,25). The zero-order valence-corrected chi connectivity index (χ0v) is 14.1. The van der Waals surface area contributed by atoms with Gasteiger partial charge in [-0.25, -0.2) is 4.39 Å². The summed E-state index contributed by atoms with van der Waals surface area (Å²) in [6.07, 6.45) is 3.59. The van der Waals surface area contributed by atoms with Crippen LogP contribution in [-0.4, -0.2) is 15.7 Å². The molecular weight excluding hydrogens is 333 g/mol. The van der Waals surface area contributed by atoms with Crippen LogP contribution in [0.15, 0.2) is 65.3 Å². The molecule has 0 fully saturated rings. The average Bonchev–Trinajstić information content (AvgIpc) is 3.24. The number of nitrogens with zero attached hydrogens (tertiary/aromatic N) is 2. The first-order valence-electron chi connectivity index (χ1n) is 8.17. The number of carbonyl (C=O) groups is 1. The zero-order chi connectivity index (χ0) is 18.1. The van der Waals surface area contributed by atoms with Crippen LogP contribution in [-0.2, 0) is 6.54 Å². The molecule has 2 aromatic heterocycles. The maximum atomic E-state index is 13.9. The number of halogens is 1. The number of hydrogen-bond acceptors (Lipinski definition) is 3. The third-order valence-electron chi connectivity index (χ3n) is 4.21. The van der Waals surface area contributed by atoms with Crippen LogP contribution in [0.1, 0.15) is 21.7 Å². The monoisotopic (exact) mass is 349 g/mol. The van der Waals surface area contributed by atoms with Crippen molar-refractivity contribution in [3.05, 3.63) is 83.6 Å². The first-order chi connectivity index (χ1) is 12.6. The molecule has 2 heterocycles. The maximum absolute atomic E-state index is 13.9. The Labute approximate surface area is 149 Å². The highest BCUT2D eigenvalue weighted by Crippen LogP contribution is 2.28. The molecule has 5 nitrogen and oxygen atoms in total.